The van der Waals surface area contributed by atoms with E-state index in [2.05, 4.69) is 5.32 Å². The molecule has 0 atom stereocenters. The summed E-state index contributed by atoms with van der Waals surface area (Å²) in [5.41, 5.74) is 4.06. The molecule has 0 aliphatic rings. The van der Waals surface area contributed by atoms with E-state index in [0.29, 0.717) is 32.5 Å². The van der Waals surface area contributed by atoms with Crippen LogP contribution in [-0.2, 0) is 4.79 Å². The molecule has 0 saturated heterocycles. The molecular formula is C29H25N3O3S2. The van der Waals surface area contributed by atoms with Gasteiger partial charge in [0.1, 0.15) is 10.6 Å². The molecule has 0 bridgehead atoms. The van der Waals surface area contributed by atoms with E-state index in [1.807, 2.05) is 92.7 Å². The van der Waals surface area contributed by atoms with Crippen molar-refractivity contribution in [2.24, 2.45) is 0 Å². The van der Waals surface area contributed by atoms with Crippen LogP contribution in [0.2, 0.25) is 0 Å². The number of thiophene rings is 1. The molecule has 1 N–H and O–H groups in total. The summed E-state index contributed by atoms with van der Waals surface area (Å²) in [5, 5.41) is 3.98. The Morgan fingerprint density at radius 2 is 1.73 bits per heavy atom. The summed E-state index contributed by atoms with van der Waals surface area (Å²) in [7, 11) is 1.57. The highest BCUT2D eigenvalue weighted by atomic mass is 32.2. The van der Waals surface area contributed by atoms with Crippen molar-refractivity contribution in [3.05, 3.63) is 99.7 Å². The maximum atomic E-state index is 14.0. The predicted octanol–water partition coefficient (Wildman–Crippen LogP) is 6.47. The van der Waals surface area contributed by atoms with Crippen LogP contribution in [0.4, 0.5) is 5.69 Å². The number of benzene rings is 3. The number of anilines is 1. The Kier molecular flexibility index (Phi) is 7.12. The normalized spacial score (nSPS) is 11.0. The maximum Gasteiger partial charge on any atom is 0.268 e. The molecule has 0 unspecified atom stereocenters. The molecule has 3 aromatic carbocycles. The Morgan fingerprint density at radius 3 is 2.43 bits per heavy atom. The molecule has 8 heteroatoms. The van der Waals surface area contributed by atoms with Crippen LogP contribution in [-0.4, -0.2) is 28.3 Å². The lowest BCUT2D eigenvalue weighted by molar-refractivity contribution is -0.113. The number of aryl methyl sites for hydroxylation is 2. The fourth-order valence-corrected chi connectivity index (χ4v) is 6.13. The van der Waals surface area contributed by atoms with Gasteiger partial charge in [-0.2, -0.15) is 0 Å². The van der Waals surface area contributed by atoms with Crippen LogP contribution < -0.4 is 15.6 Å². The summed E-state index contributed by atoms with van der Waals surface area (Å²) in [5.74, 6) is 0.458. The number of hydrogen-bond donors (Lipinski definition) is 1. The number of aromatic nitrogens is 2. The number of hydrogen-bond acceptors (Lipinski definition) is 6. The quantitative estimate of drug-likeness (QED) is 0.194. The van der Waals surface area contributed by atoms with E-state index < -0.39 is 0 Å². The van der Waals surface area contributed by atoms with Crippen LogP contribution in [0.1, 0.15) is 10.4 Å². The van der Waals surface area contributed by atoms with Gasteiger partial charge in [0.05, 0.1) is 29.6 Å². The van der Waals surface area contributed by atoms with Crippen molar-refractivity contribution in [3.8, 4) is 22.6 Å². The zero-order chi connectivity index (χ0) is 25.9. The minimum absolute atomic E-state index is 0.0811. The first-order valence-corrected chi connectivity index (χ1v) is 13.5. The van der Waals surface area contributed by atoms with Gasteiger partial charge in [0, 0.05) is 10.4 Å². The molecule has 0 saturated carbocycles. The minimum Gasteiger partial charge on any atom is -0.495 e. The van der Waals surface area contributed by atoms with Crippen LogP contribution in [0.15, 0.2) is 88.8 Å². The smallest absolute Gasteiger partial charge is 0.268 e. The molecule has 37 heavy (non-hydrogen) atoms. The van der Waals surface area contributed by atoms with Crippen molar-refractivity contribution in [2.45, 2.75) is 19.0 Å². The number of carbonyl (C=O) groups is 1. The third-order valence-electron chi connectivity index (χ3n) is 5.91. The van der Waals surface area contributed by atoms with Crippen LogP contribution in [0.25, 0.3) is 27.0 Å². The van der Waals surface area contributed by atoms with Crippen LogP contribution >= 0.6 is 23.1 Å². The fourth-order valence-electron chi connectivity index (χ4n) is 4.23. The van der Waals surface area contributed by atoms with Crippen LogP contribution in [0, 0.1) is 13.8 Å². The molecule has 0 spiro atoms. The highest BCUT2D eigenvalue weighted by molar-refractivity contribution is 7.99. The number of rotatable bonds is 7. The molecule has 0 aliphatic heterocycles. The largest absolute Gasteiger partial charge is 0.495 e. The SMILES string of the molecule is COc1ccc(C)cc1NC(=O)CSc1nc2sc(C)c(-c3ccccc3)c2c(=O)n1-c1ccccc1. The monoisotopic (exact) mass is 527 g/mol. The van der Waals surface area contributed by atoms with E-state index in [9.17, 15) is 9.59 Å². The highest BCUT2D eigenvalue weighted by Crippen LogP contribution is 2.37. The van der Waals surface area contributed by atoms with Gasteiger partial charge in [-0.25, -0.2) is 4.98 Å². The Morgan fingerprint density at radius 1 is 1.03 bits per heavy atom. The van der Waals surface area contributed by atoms with Gasteiger partial charge in [-0.15, -0.1) is 11.3 Å². The van der Waals surface area contributed by atoms with Gasteiger partial charge in [0.25, 0.3) is 5.56 Å². The topological polar surface area (TPSA) is 73.2 Å². The van der Waals surface area contributed by atoms with Gasteiger partial charge in [-0.1, -0.05) is 66.4 Å². The molecule has 6 nitrogen and oxygen atoms in total. The number of methoxy groups -OCH3 is 1. The molecule has 2 aromatic heterocycles. The predicted molar refractivity (Wildman–Crippen MR) is 152 cm³/mol. The number of nitrogens with zero attached hydrogens (tertiary/aromatic N) is 2. The lowest BCUT2D eigenvalue weighted by Gasteiger charge is -2.13. The summed E-state index contributed by atoms with van der Waals surface area (Å²) >= 11 is 2.73. The number of nitrogens with one attached hydrogen (secondary N) is 1. The number of ether oxygens (including phenoxy) is 1. The minimum atomic E-state index is -0.213. The molecule has 1 amide bonds. The molecule has 5 rings (SSSR count). The van der Waals surface area contributed by atoms with Crippen molar-refractivity contribution in [1.29, 1.82) is 0 Å². The third-order valence-corrected chi connectivity index (χ3v) is 7.85. The van der Waals surface area contributed by atoms with Gasteiger partial charge in [0.2, 0.25) is 5.91 Å². The Balaban J connectivity index is 1.55. The van der Waals surface area contributed by atoms with Gasteiger partial charge >= 0.3 is 0 Å². The van der Waals surface area contributed by atoms with Crippen molar-refractivity contribution < 1.29 is 9.53 Å². The lowest BCUT2D eigenvalue weighted by Crippen LogP contribution is -2.22. The van der Waals surface area contributed by atoms with Crippen molar-refractivity contribution in [1.82, 2.24) is 9.55 Å². The van der Waals surface area contributed by atoms with Crippen LogP contribution in [0.5, 0.6) is 5.75 Å². The van der Waals surface area contributed by atoms with E-state index in [1.165, 1.54) is 23.1 Å². The third kappa shape index (κ3) is 5.03. The van der Waals surface area contributed by atoms with Crippen molar-refractivity contribution in [3.63, 3.8) is 0 Å². The summed E-state index contributed by atoms with van der Waals surface area (Å²) in [6, 6.07) is 24.9. The molecule has 0 fully saturated rings. The standard InChI is InChI=1S/C29H25N3O3S2/c1-18-14-15-23(35-3)22(16-18)30-24(33)17-36-29-31-27-26(28(34)32(29)21-12-8-5-9-13-21)25(19(2)37-27)20-10-6-4-7-11-20/h4-16H,17H2,1-3H3,(H,30,33). The molecular weight excluding hydrogens is 502 g/mol. The average Bonchev–Trinajstić information content (AvgIpc) is 3.24. The zero-order valence-electron chi connectivity index (χ0n) is 20.6. The first-order valence-electron chi connectivity index (χ1n) is 11.7. The second-order valence-electron chi connectivity index (χ2n) is 8.49. The summed E-state index contributed by atoms with van der Waals surface area (Å²) in [6.07, 6.45) is 0. The lowest BCUT2D eigenvalue weighted by atomic mass is 10.0. The Hall–Kier alpha value is -3.88. The first-order chi connectivity index (χ1) is 18.0. The maximum absolute atomic E-state index is 14.0. The van der Waals surface area contributed by atoms with Gasteiger partial charge in [-0.05, 0) is 49.2 Å². The number of para-hydroxylation sites is 1. The van der Waals surface area contributed by atoms with E-state index in [1.54, 1.807) is 11.7 Å². The summed E-state index contributed by atoms with van der Waals surface area (Å²) in [6.45, 7) is 3.96. The molecule has 0 aliphatic carbocycles. The van der Waals surface area contributed by atoms with Crippen molar-refractivity contribution >= 4 is 44.9 Å². The Bertz CT molecular complexity index is 1640. The van der Waals surface area contributed by atoms with Crippen molar-refractivity contribution in [2.75, 3.05) is 18.2 Å². The van der Waals surface area contributed by atoms with Crippen LogP contribution in [0.3, 0.4) is 0 Å². The second-order valence-corrected chi connectivity index (χ2v) is 10.6. The van der Waals surface area contributed by atoms with E-state index in [4.69, 9.17) is 9.72 Å². The fraction of sp³-hybridized carbons (Fsp3) is 0.138. The van der Waals surface area contributed by atoms with Gasteiger partial charge < -0.3 is 10.1 Å². The highest BCUT2D eigenvalue weighted by Gasteiger charge is 2.21. The van der Waals surface area contributed by atoms with Gasteiger partial charge in [-0.3, -0.25) is 14.2 Å². The molecule has 186 valence electrons. The number of amides is 1. The molecule has 0 radical (unpaired) electrons. The average molecular weight is 528 g/mol. The van der Waals surface area contributed by atoms with E-state index in [-0.39, 0.29) is 17.2 Å². The molecule has 5 aromatic rings. The second kappa shape index (κ2) is 10.6. The van der Waals surface area contributed by atoms with E-state index >= 15 is 0 Å². The summed E-state index contributed by atoms with van der Waals surface area (Å²) < 4.78 is 6.98. The zero-order valence-corrected chi connectivity index (χ0v) is 22.3. The Labute approximate surface area is 223 Å². The number of thioether (sulfide) groups is 1. The summed E-state index contributed by atoms with van der Waals surface area (Å²) in [4.78, 5) is 33.5. The first kappa shape index (κ1) is 24.8. The molecule has 2 heterocycles. The number of carbonyl (C=O) groups excluding carboxylic acids is 1. The number of fused-ring (bicyclic) bond motifs is 1. The van der Waals surface area contributed by atoms with E-state index in [0.717, 1.165) is 21.6 Å². The van der Waals surface area contributed by atoms with Gasteiger partial charge in [0.15, 0.2) is 5.16 Å².